The zero-order chi connectivity index (χ0) is 13.6. The molecule has 5 nitrogen and oxygen atoms in total. The Hall–Kier alpha value is -2.56. The van der Waals surface area contributed by atoms with Crippen molar-refractivity contribution in [2.75, 3.05) is 5.84 Å². The Morgan fingerprint density at radius 1 is 1.16 bits per heavy atom. The summed E-state index contributed by atoms with van der Waals surface area (Å²) in [5.41, 5.74) is 3.60. The van der Waals surface area contributed by atoms with Gasteiger partial charge in [0, 0.05) is 11.1 Å². The van der Waals surface area contributed by atoms with Crippen LogP contribution in [-0.2, 0) is 0 Å². The van der Waals surface area contributed by atoms with Gasteiger partial charge in [-0.3, -0.25) is 4.79 Å². The van der Waals surface area contributed by atoms with Crippen molar-refractivity contribution in [3.8, 4) is 11.4 Å². The summed E-state index contributed by atoms with van der Waals surface area (Å²) in [5, 5.41) is 0. The number of aromatic amines is 1. The van der Waals surface area contributed by atoms with E-state index in [9.17, 15) is 4.79 Å². The molecule has 0 aliphatic heterocycles. The Morgan fingerprint density at radius 2 is 1.84 bits per heavy atom. The van der Waals surface area contributed by atoms with E-state index >= 15 is 0 Å². The first-order valence-electron chi connectivity index (χ1n) is 6.02. The van der Waals surface area contributed by atoms with Gasteiger partial charge in [-0.1, -0.05) is 30.3 Å². The summed E-state index contributed by atoms with van der Waals surface area (Å²) in [6, 6.07) is 9.66. The van der Waals surface area contributed by atoms with E-state index in [0.29, 0.717) is 17.0 Å². The van der Waals surface area contributed by atoms with Gasteiger partial charge in [-0.05, 0) is 19.4 Å². The molecule has 2 heterocycles. The van der Waals surface area contributed by atoms with Crippen LogP contribution in [0.1, 0.15) is 11.1 Å². The van der Waals surface area contributed by atoms with Crippen LogP contribution in [0.15, 0.2) is 35.1 Å². The minimum atomic E-state index is -0.129. The van der Waals surface area contributed by atoms with Crippen molar-refractivity contribution in [3.05, 3.63) is 51.8 Å². The van der Waals surface area contributed by atoms with Gasteiger partial charge >= 0.3 is 0 Å². The average Bonchev–Trinajstić information content (AvgIpc) is 2.75. The Balaban J connectivity index is 2.39. The second-order valence-electron chi connectivity index (χ2n) is 4.57. The molecular weight excluding hydrogens is 240 g/mol. The van der Waals surface area contributed by atoms with Gasteiger partial charge in [0.2, 0.25) is 0 Å². The number of fused-ring (bicyclic) bond motifs is 1. The fourth-order valence-corrected chi connectivity index (χ4v) is 2.15. The van der Waals surface area contributed by atoms with Crippen molar-refractivity contribution in [1.29, 1.82) is 0 Å². The molecule has 3 rings (SSSR count). The molecule has 0 aliphatic carbocycles. The van der Waals surface area contributed by atoms with Crippen molar-refractivity contribution in [1.82, 2.24) is 14.6 Å². The zero-order valence-electron chi connectivity index (χ0n) is 10.8. The van der Waals surface area contributed by atoms with Gasteiger partial charge in [-0.15, -0.1) is 0 Å². The summed E-state index contributed by atoms with van der Waals surface area (Å²) < 4.78 is 1.43. The largest absolute Gasteiger partial charge is 0.336 e. The van der Waals surface area contributed by atoms with Crippen LogP contribution in [0.2, 0.25) is 0 Å². The van der Waals surface area contributed by atoms with Crippen molar-refractivity contribution in [2.24, 2.45) is 0 Å². The number of nitrogen functional groups attached to an aromatic ring is 1. The number of nitrogens with zero attached hydrogens (tertiary/aromatic N) is 2. The molecule has 3 N–H and O–H groups in total. The fraction of sp³-hybridized carbons (Fsp3) is 0.143. The van der Waals surface area contributed by atoms with Crippen molar-refractivity contribution in [2.45, 2.75) is 13.8 Å². The number of nitrogens with two attached hydrogens (primary N) is 1. The van der Waals surface area contributed by atoms with E-state index in [2.05, 4.69) is 9.97 Å². The molecule has 0 unspecified atom stereocenters. The lowest BCUT2D eigenvalue weighted by Gasteiger charge is -2.02. The lowest BCUT2D eigenvalue weighted by Crippen LogP contribution is -2.16. The smallest absolute Gasteiger partial charge is 0.252 e. The molecule has 0 fully saturated rings. The quantitative estimate of drug-likeness (QED) is 0.649. The Labute approximate surface area is 109 Å². The van der Waals surface area contributed by atoms with E-state index in [1.54, 1.807) is 6.92 Å². The Bertz CT molecular complexity index is 815. The molecule has 0 radical (unpaired) electrons. The van der Waals surface area contributed by atoms with Crippen LogP contribution < -0.4 is 11.4 Å². The first-order chi connectivity index (χ1) is 9.09. The molecule has 5 heteroatoms. The van der Waals surface area contributed by atoms with Crippen LogP contribution in [0.4, 0.5) is 0 Å². The summed E-state index contributed by atoms with van der Waals surface area (Å²) in [6.07, 6.45) is 0. The Kier molecular flexibility index (Phi) is 2.41. The van der Waals surface area contributed by atoms with Crippen LogP contribution in [0.25, 0.3) is 22.6 Å². The first kappa shape index (κ1) is 11.5. The zero-order valence-corrected chi connectivity index (χ0v) is 10.8. The normalized spacial score (nSPS) is 11.1. The third-order valence-electron chi connectivity index (χ3n) is 3.43. The standard InChI is InChI=1S/C14H14N4O/c1-8-9(2)14(19)17-13-11(8)16-12(18(13)15)10-6-4-3-5-7-10/h3-7H,15H2,1-2H3,(H,17,19). The molecule has 3 aromatic rings. The van der Waals surface area contributed by atoms with Crippen LogP contribution in [0, 0.1) is 13.8 Å². The highest BCUT2D eigenvalue weighted by Gasteiger charge is 2.15. The van der Waals surface area contributed by atoms with Gasteiger partial charge in [0.25, 0.3) is 5.56 Å². The molecule has 0 atom stereocenters. The number of hydrogen-bond acceptors (Lipinski definition) is 3. The minimum absolute atomic E-state index is 0.129. The lowest BCUT2D eigenvalue weighted by atomic mass is 10.1. The average molecular weight is 254 g/mol. The summed E-state index contributed by atoms with van der Waals surface area (Å²) in [4.78, 5) is 19.1. The van der Waals surface area contributed by atoms with E-state index in [-0.39, 0.29) is 5.56 Å². The Morgan fingerprint density at radius 3 is 2.53 bits per heavy atom. The van der Waals surface area contributed by atoms with Crippen LogP contribution in [-0.4, -0.2) is 14.6 Å². The molecule has 0 spiro atoms. The number of imidazole rings is 1. The third kappa shape index (κ3) is 1.62. The molecule has 0 saturated carbocycles. The maximum absolute atomic E-state index is 11.8. The van der Waals surface area contributed by atoms with Crippen LogP contribution in [0.5, 0.6) is 0 Å². The number of rotatable bonds is 1. The molecule has 0 saturated heterocycles. The van der Waals surface area contributed by atoms with Crippen LogP contribution >= 0.6 is 0 Å². The molecular formula is C14H14N4O. The second-order valence-corrected chi connectivity index (χ2v) is 4.57. The molecule has 0 amide bonds. The van der Waals surface area contributed by atoms with Gasteiger partial charge in [-0.25, -0.2) is 9.66 Å². The molecule has 0 bridgehead atoms. The highest BCUT2D eigenvalue weighted by Crippen LogP contribution is 2.23. The predicted octanol–water partition coefficient (Wildman–Crippen LogP) is 1.72. The van der Waals surface area contributed by atoms with Crippen molar-refractivity contribution in [3.63, 3.8) is 0 Å². The first-order valence-corrected chi connectivity index (χ1v) is 6.02. The summed E-state index contributed by atoms with van der Waals surface area (Å²) in [7, 11) is 0. The number of hydrogen-bond donors (Lipinski definition) is 2. The van der Waals surface area contributed by atoms with Gasteiger partial charge < -0.3 is 10.8 Å². The summed E-state index contributed by atoms with van der Waals surface area (Å²) in [6.45, 7) is 3.67. The molecule has 1 aromatic carbocycles. The van der Waals surface area contributed by atoms with E-state index in [1.807, 2.05) is 37.3 Å². The maximum Gasteiger partial charge on any atom is 0.252 e. The van der Waals surface area contributed by atoms with E-state index in [0.717, 1.165) is 16.6 Å². The number of aryl methyl sites for hydroxylation is 1. The van der Waals surface area contributed by atoms with Crippen LogP contribution in [0.3, 0.4) is 0 Å². The van der Waals surface area contributed by atoms with Crippen molar-refractivity contribution < 1.29 is 0 Å². The van der Waals surface area contributed by atoms with Crippen molar-refractivity contribution >= 4 is 11.2 Å². The SMILES string of the molecule is Cc1c(C)c2nc(-c3ccccc3)n(N)c2[nH]c1=O. The minimum Gasteiger partial charge on any atom is -0.336 e. The number of aromatic nitrogens is 3. The monoisotopic (exact) mass is 254 g/mol. The number of benzene rings is 1. The third-order valence-corrected chi connectivity index (χ3v) is 3.43. The van der Waals surface area contributed by atoms with Gasteiger partial charge in [0.05, 0.1) is 0 Å². The van der Waals surface area contributed by atoms with Gasteiger partial charge in [0.15, 0.2) is 11.5 Å². The number of H-pyrrole nitrogens is 1. The van der Waals surface area contributed by atoms with E-state index < -0.39 is 0 Å². The van der Waals surface area contributed by atoms with E-state index in [1.165, 1.54) is 4.68 Å². The highest BCUT2D eigenvalue weighted by molar-refractivity contribution is 5.80. The number of pyridine rings is 1. The topological polar surface area (TPSA) is 76.7 Å². The van der Waals surface area contributed by atoms with E-state index in [4.69, 9.17) is 5.84 Å². The molecule has 0 aliphatic rings. The lowest BCUT2D eigenvalue weighted by molar-refractivity contribution is 1.02. The molecule has 96 valence electrons. The van der Waals surface area contributed by atoms with Gasteiger partial charge in [-0.2, -0.15) is 0 Å². The second kappa shape index (κ2) is 3.98. The summed E-state index contributed by atoms with van der Waals surface area (Å²) >= 11 is 0. The van der Waals surface area contributed by atoms with Gasteiger partial charge in [0.1, 0.15) is 5.52 Å². The molecule has 2 aromatic heterocycles. The summed E-state index contributed by atoms with van der Waals surface area (Å²) in [5.74, 6) is 6.68. The number of nitrogens with one attached hydrogen (secondary N) is 1. The predicted molar refractivity (Wildman–Crippen MR) is 75.4 cm³/mol. The fourth-order valence-electron chi connectivity index (χ4n) is 2.15. The highest BCUT2D eigenvalue weighted by atomic mass is 16.1. The maximum atomic E-state index is 11.8. The molecule has 19 heavy (non-hydrogen) atoms.